The highest BCUT2D eigenvalue weighted by atomic mass is 32.2. The van der Waals surface area contributed by atoms with Gasteiger partial charge in [0.2, 0.25) is 5.91 Å². The van der Waals surface area contributed by atoms with Crippen molar-refractivity contribution in [3.63, 3.8) is 0 Å². The van der Waals surface area contributed by atoms with E-state index in [2.05, 4.69) is 16.2 Å². The van der Waals surface area contributed by atoms with Crippen LogP contribution in [0.4, 0.5) is 11.4 Å². The number of nitrogens with one attached hydrogen (secondary N) is 1. The van der Waals surface area contributed by atoms with E-state index in [0.717, 1.165) is 12.8 Å². The summed E-state index contributed by atoms with van der Waals surface area (Å²) in [6, 6.07) is 13.5. The maximum atomic E-state index is 13.2. The smallest absolute Gasteiger partial charge is 0.261 e. The molecule has 0 atom stereocenters. The third-order valence-electron chi connectivity index (χ3n) is 6.44. The molecular weight excluding hydrogens is 470 g/mol. The van der Waals surface area contributed by atoms with E-state index in [-0.39, 0.29) is 16.7 Å². The molecule has 0 spiro atoms. The van der Waals surface area contributed by atoms with Crippen LogP contribution >= 0.6 is 11.3 Å². The SMILES string of the molecule is Cc1c(NS(=O)(=O)c2ccc(N3CCCC3=O)cc2)cccc1C(=O)N1CCc2sccc2C1. The minimum atomic E-state index is -3.87. The Labute approximate surface area is 203 Å². The Hall–Kier alpha value is -3.17. The molecule has 1 fully saturated rings. The Kier molecular flexibility index (Phi) is 5.91. The van der Waals surface area contributed by atoms with Crippen LogP contribution in [0.2, 0.25) is 0 Å². The number of carbonyl (C=O) groups excluding carboxylic acids is 2. The zero-order chi connectivity index (χ0) is 23.9. The molecule has 3 aromatic rings. The summed E-state index contributed by atoms with van der Waals surface area (Å²) >= 11 is 1.72. The number of anilines is 2. The molecule has 3 heterocycles. The predicted octanol–water partition coefficient (Wildman–Crippen LogP) is 4.18. The van der Waals surface area contributed by atoms with Gasteiger partial charge in [0.1, 0.15) is 0 Å². The van der Waals surface area contributed by atoms with Crippen molar-refractivity contribution in [1.82, 2.24) is 4.90 Å². The summed E-state index contributed by atoms with van der Waals surface area (Å²) in [5, 5.41) is 2.05. The summed E-state index contributed by atoms with van der Waals surface area (Å²) in [6.45, 7) is 3.62. The number of benzene rings is 2. The lowest BCUT2D eigenvalue weighted by Crippen LogP contribution is -2.35. The largest absolute Gasteiger partial charge is 0.334 e. The van der Waals surface area contributed by atoms with Crippen molar-refractivity contribution in [1.29, 1.82) is 0 Å². The van der Waals surface area contributed by atoms with Gasteiger partial charge in [0.05, 0.1) is 10.6 Å². The summed E-state index contributed by atoms with van der Waals surface area (Å²) in [7, 11) is -3.87. The normalized spacial score (nSPS) is 16.0. The number of thiophene rings is 1. The number of hydrogen-bond acceptors (Lipinski definition) is 5. The van der Waals surface area contributed by atoms with E-state index < -0.39 is 10.0 Å². The van der Waals surface area contributed by atoms with Gasteiger partial charge < -0.3 is 9.80 Å². The van der Waals surface area contributed by atoms with E-state index in [9.17, 15) is 18.0 Å². The van der Waals surface area contributed by atoms with Gasteiger partial charge in [-0.3, -0.25) is 14.3 Å². The fraction of sp³-hybridized carbons (Fsp3) is 0.280. The molecule has 176 valence electrons. The summed E-state index contributed by atoms with van der Waals surface area (Å²) in [5.41, 5.74) is 3.32. The molecular formula is C25H25N3O4S2. The van der Waals surface area contributed by atoms with E-state index in [1.807, 2.05) is 4.90 Å². The fourth-order valence-corrected chi connectivity index (χ4v) is 6.51. The van der Waals surface area contributed by atoms with E-state index in [4.69, 9.17) is 0 Å². The maximum absolute atomic E-state index is 13.2. The van der Waals surface area contributed by atoms with E-state index in [0.29, 0.717) is 48.6 Å². The lowest BCUT2D eigenvalue weighted by molar-refractivity contribution is -0.117. The van der Waals surface area contributed by atoms with Crippen LogP contribution in [0, 0.1) is 6.92 Å². The average Bonchev–Trinajstić information content (AvgIpc) is 3.48. The van der Waals surface area contributed by atoms with Gasteiger partial charge in [0.15, 0.2) is 0 Å². The topological polar surface area (TPSA) is 86.8 Å². The Bertz CT molecular complexity index is 1360. The minimum absolute atomic E-state index is 0.0507. The molecule has 2 aliphatic heterocycles. The summed E-state index contributed by atoms with van der Waals surface area (Å²) in [6.07, 6.45) is 2.16. The molecule has 0 bridgehead atoms. The third-order valence-corrected chi connectivity index (χ3v) is 8.84. The molecule has 5 rings (SSSR count). The van der Waals surface area contributed by atoms with Crippen LogP contribution in [-0.4, -0.2) is 38.2 Å². The molecule has 0 unspecified atom stereocenters. The lowest BCUT2D eigenvalue weighted by atomic mass is 10.0. The molecule has 7 nitrogen and oxygen atoms in total. The molecule has 1 N–H and O–H groups in total. The highest BCUT2D eigenvalue weighted by Gasteiger charge is 2.26. The second-order valence-corrected chi connectivity index (χ2v) is 11.3. The molecule has 34 heavy (non-hydrogen) atoms. The number of hydrogen-bond donors (Lipinski definition) is 1. The van der Waals surface area contributed by atoms with Gasteiger partial charge in [-0.1, -0.05) is 6.07 Å². The number of amides is 2. The number of nitrogens with zero attached hydrogens (tertiary/aromatic N) is 2. The Balaban J connectivity index is 1.35. The van der Waals surface area contributed by atoms with Gasteiger partial charge in [-0.2, -0.15) is 0 Å². The van der Waals surface area contributed by atoms with Gasteiger partial charge in [-0.25, -0.2) is 8.42 Å². The van der Waals surface area contributed by atoms with Crippen LogP contribution in [0.1, 0.15) is 39.2 Å². The quantitative estimate of drug-likeness (QED) is 0.575. The number of carbonyl (C=O) groups is 2. The van der Waals surface area contributed by atoms with Crippen molar-refractivity contribution in [2.75, 3.05) is 22.7 Å². The van der Waals surface area contributed by atoms with E-state index >= 15 is 0 Å². The molecule has 1 saturated heterocycles. The lowest BCUT2D eigenvalue weighted by Gasteiger charge is -2.28. The summed E-state index contributed by atoms with van der Waals surface area (Å²) < 4.78 is 28.7. The first-order chi connectivity index (χ1) is 16.3. The van der Waals surface area contributed by atoms with E-state index in [1.54, 1.807) is 53.5 Å². The van der Waals surface area contributed by atoms with Crippen molar-refractivity contribution in [3.05, 3.63) is 75.5 Å². The second kappa shape index (κ2) is 8.88. The summed E-state index contributed by atoms with van der Waals surface area (Å²) in [5.74, 6) is -0.0511. The molecule has 9 heteroatoms. The molecule has 2 aliphatic rings. The molecule has 2 amide bonds. The highest BCUT2D eigenvalue weighted by molar-refractivity contribution is 7.92. The Morgan fingerprint density at radius 1 is 1.03 bits per heavy atom. The van der Waals surface area contributed by atoms with Crippen LogP contribution in [-0.2, 0) is 27.8 Å². The standard InChI is InChI=1S/C25H25N3O4S2/c1-17-21(25(30)27-14-11-23-18(16-27)12-15-33-23)4-2-5-22(17)26-34(31,32)20-9-7-19(8-10-20)28-13-3-6-24(28)29/h2,4-5,7-10,12,15,26H,3,6,11,13-14,16H2,1H3. The molecule has 0 radical (unpaired) electrons. The van der Waals surface area contributed by atoms with Crippen molar-refractivity contribution in [2.45, 2.75) is 37.6 Å². The first-order valence-electron chi connectivity index (χ1n) is 11.2. The fourth-order valence-electron chi connectivity index (χ4n) is 4.50. The van der Waals surface area contributed by atoms with Crippen LogP contribution < -0.4 is 9.62 Å². The molecule has 2 aromatic carbocycles. The third kappa shape index (κ3) is 4.21. The first-order valence-corrected chi connectivity index (χ1v) is 13.6. The van der Waals surface area contributed by atoms with Gasteiger partial charge >= 0.3 is 0 Å². The number of sulfonamides is 1. The number of fused-ring (bicyclic) bond motifs is 1. The second-order valence-electron chi connectivity index (χ2n) is 8.57. The molecule has 0 aliphatic carbocycles. The van der Waals surface area contributed by atoms with Crippen LogP contribution in [0.3, 0.4) is 0 Å². The zero-order valence-corrected chi connectivity index (χ0v) is 20.4. The van der Waals surface area contributed by atoms with Gasteiger partial charge in [0, 0.05) is 42.2 Å². The zero-order valence-electron chi connectivity index (χ0n) is 18.8. The average molecular weight is 496 g/mol. The number of rotatable bonds is 5. The maximum Gasteiger partial charge on any atom is 0.261 e. The summed E-state index contributed by atoms with van der Waals surface area (Å²) in [4.78, 5) is 30.1. The predicted molar refractivity (Wildman–Crippen MR) is 133 cm³/mol. The molecule has 1 aromatic heterocycles. The molecule has 0 saturated carbocycles. The monoisotopic (exact) mass is 495 g/mol. The first kappa shape index (κ1) is 22.6. The minimum Gasteiger partial charge on any atom is -0.334 e. The Morgan fingerprint density at radius 2 is 1.82 bits per heavy atom. The van der Waals surface area contributed by atoms with Crippen LogP contribution in [0.25, 0.3) is 0 Å². The van der Waals surface area contributed by atoms with Crippen molar-refractivity contribution >= 4 is 44.5 Å². The van der Waals surface area contributed by atoms with Crippen LogP contribution in [0.15, 0.2) is 58.8 Å². The van der Waals surface area contributed by atoms with Crippen molar-refractivity contribution in [3.8, 4) is 0 Å². The van der Waals surface area contributed by atoms with Gasteiger partial charge in [-0.05, 0) is 78.7 Å². The Morgan fingerprint density at radius 3 is 2.56 bits per heavy atom. The van der Waals surface area contributed by atoms with E-state index in [1.165, 1.54) is 22.6 Å². The highest BCUT2D eigenvalue weighted by Crippen LogP contribution is 2.29. The van der Waals surface area contributed by atoms with Gasteiger partial charge in [0.25, 0.3) is 15.9 Å². The van der Waals surface area contributed by atoms with Crippen LogP contribution in [0.5, 0.6) is 0 Å². The van der Waals surface area contributed by atoms with Crippen molar-refractivity contribution in [2.24, 2.45) is 0 Å². The van der Waals surface area contributed by atoms with Crippen molar-refractivity contribution < 1.29 is 18.0 Å². The van der Waals surface area contributed by atoms with Gasteiger partial charge in [-0.15, -0.1) is 11.3 Å².